The first-order chi connectivity index (χ1) is 18.3. The minimum absolute atomic E-state index is 0.0593. The number of amides is 1. The summed E-state index contributed by atoms with van der Waals surface area (Å²) >= 11 is 12.5. The van der Waals surface area contributed by atoms with E-state index in [9.17, 15) is 19.8 Å². The first kappa shape index (κ1) is 29.3. The SMILES string of the molecule is CN(C)C(=O)c1cc(Cl)c(OC(C)(C)C(=O)O)cc1OC[C@@H](O)CN1CCC2(CC1)Cc1cc(Cl)ccc1O2. The van der Waals surface area contributed by atoms with Gasteiger partial charge in [-0.15, -0.1) is 0 Å². The summed E-state index contributed by atoms with van der Waals surface area (Å²) in [5.74, 6) is -0.442. The zero-order chi connectivity index (χ0) is 28.5. The van der Waals surface area contributed by atoms with Crippen LogP contribution in [0.3, 0.4) is 0 Å². The minimum Gasteiger partial charge on any atom is -0.490 e. The number of aliphatic hydroxyl groups excluding tert-OH is 1. The number of carboxylic acid groups (broad SMARTS) is 1. The maximum atomic E-state index is 12.8. The molecule has 0 radical (unpaired) electrons. The summed E-state index contributed by atoms with van der Waals surface area (Å²) in [4.78, 5) is 27.8. The maximum Gasteiger partial charge on any atom is 0.347 e. The first-order valence-electron chi connectivity index (χ1n) is 12.8. The molecule has 4 rings (SSSR count). The average molecular weight is 581 g/mol. The third kappa shape index (κ3) is 6.72. The number of ether oxygens (including phenoxy) is 3. The molecule has 1 fully saturated rings. The van der Waals surface area contributed by atoms with Crippen LogP contribution in [0.5, 0.6) is 17.2 Å². The van der Waals surface area contributed by atoms with Crippen LogP contribution in [0.4, 0.5) is 0 Å². The van der Waals surface area contributed by atoms with Gasteiger partial charge in [-0.3, -0.25) is 4.79 Å². The van der Waals surface area contributed by atoms with Gasteiger partial charge in [0.1, 0.15) is 35.6 Å². The van der Waals surface area contributed by atoms with Gasteiger partial charge in [-0.1, -0.05) is 23.2 Å². The number of carboxylic acids is 1. The van der Waals surface area contributed by atoms with E-state index in [2.05, 4.69) is 4.90 Å². The van der Waals surface area contributed by atoms with Crippen LogP contribution in [-0.4, -0.2) is 89.5 Å². The van der Waals surface area contributed by atoms with Crippen molar-refractivity contribution in [3.05, 3.63) is 51.5 Å². The third-order valence-electron chi connectivity index (χ3n) is 7.08. The second-order valence-corrected chi connectivity index (χ2v) is 11.7. The number of hydrogen-bond acceptors (Lipinski definition) is 7. The fourth-order valence-corrected chi connectivity index (χ4v) is 5.22. The number of benzene rings is 2. The molecule has 1 amide bonds. The van der Waals surface area contributed by atoms with Gasteiger partial charge in [0.25, 0.3) is 5.91 Å². The summed E-state index contributed by atoms with van der Waals surface area (Å²) in [5.41, 5.74) is -0.493. The average Bonchev–Trinajstić information content (AvgIpc) is 3.21. The topological polar surface area (TPSA) is 109 Å². The summed E-state index contributed by atoms with van der Waals surface area (Å²) in [6.45, 7) is 4.59. The zero-order valence-corrected chi connectivity index (χ0v) is 24.0. The first-order valence-corrected chi connectivity index (χ1v) is 13.5. The largest absolute Gasteiger partial charge is 0.490 e. The Balaban J connectivity index is 1.38. The lowest BCUT2D eigenvalue weighted by atomic mass is 9.87. The highest BCUT2D eigenvalue weighted by Crippen LogP contribution is 2.42. The molecule has 11 heteroatoms. The molecule has 0 saturated carbocycles. The van der Waals surface area contributed by atoms with E-state index in [0.29, 0.717) is 11.6 Å². The number of hydrogen-bond donors (Lipinski definition) is 2. The molecular weight excluding hydrogens is 547 g/mol. The lowest BCUT2D eigenvalue weighted by Crippen LogP contribution is -2.49. The lowest BCUT2D eigenvalue weighted by Gasteiger charge is -2.39. The van der Waals surface area contributed by atoms with Crippen molar-refractivity contribution in [3.63, 3.8) is 0 Å². The molecule has 1 saturated heterocycles. The van der Waals surface area contributed by atoms with Crippen molar-refractivity contribution in [1.29, 1.82) is 0 Å². The number of rotatable bonds is 9. The highest BCUT2D eigenvalue weighted by atomic mass is 35.5. The number of fused-ring (bicyclic) bond motifs is 1. The van der Waals surface area contributed by atoms with Gasteiger partial charge in [-0.2, -0.15) is 0 Å². The van der Waals surface area contributed by atoms with Gasteiger partial charge >= 0.3 is 5.97 Å². The van der Waals surface area contributed by atoms with Crippen LogP contribution >= 0.6 is 23.2 Å². The molecule has 1 atom stereocenters. The molecule has 212 valence electrons. The Morgan fingerprint density at radius 3 is 2.49 bits per heavy atom. The molecule has 2 aliphatic rings. The van der Waals surface area contributed by atoms with E-state index in [1.807, 2.05) is 18.2 Å². The molecule has 2 heterocycles. The molecule has 2 aliphatic heterocycles. The normalized spacial score (nSPS) is 17.3. The van der Waals surface area contributed by atoms with Crippen molar-refractivity contribution in [2.45, 2.75) is 50.4 Å². The van der Waals surface area contributed by atoms with E-state index >= 15 is 0 Å². The fraction of sp³-hybridized carbons (Fsp3) is 0.500. The van der Waals surface area contributed by atoms with E-state index in [0.717, 1.165) is 43.7 Å². The van der Waals surface area contributed by atoms with E-state index in [4.69, 9.17) is 37.4 Å². The summed E-state index contributed by atoms with van der Waals surface area (Å²) in [7, 11) is 3.19. The Kier molecular flexibility index (Phi) is 8.56. The zero-order valence-electron chi connectivity index (χ0n) is 22.5. The molecule has 1 spiro atoms. The molecule has 9 nitrogen and oxygen atoms in total. The van der Waals surface area contributed by atoms with Crippen molar-refractivity contribution >= 4 is 35.1 Å². The van der Waals surface area contributed by atoms with Crippen LogP contribution in [0.25, 0.3) is 0 Å². The summed E-state index contributed by atoms with van der Waals surface area (Å²) in [5, 5.41) is 21.0. The highest BCUT2D eigenvalue weighted by molar-refractivity contribution is 6.32. The van der Waals surface area contributed by atoms with Gasteiger partial charge in [0.2, 0.25) is 0 Å². The lowest BCUT2D eigenvalue weighted by molar-refractivity contribution is -0.152. The smallest absolute Gasteiger partial charge is 0.347 e. The van der Waals surface area contributed by atoms with Gasteiger partial charge in [0.05, 0.1) is 10.6 Å². The van der Waals surface area contributed by atoms with Crippen molar-refractivity contribution < 1.29 is 34.0 Å². The van der Waals surface area contributed by atoms with Crippen molar-refractivity contribution in [1.82, 2.24) is 9.80 Å². The van der Waals surface area contributed by atoms with E-state index in [-0.39, 0.29) is 40.2 Å². The van der Waals surface area contributed by atoms with Crippen LogP contribution in [-0.2, 0) is 11.2 Å². The molecular formula is C28H34Cl2N2O7. The van der Waals surface area contributed by atoms with Gasteiger partial charge in [-0.05, 0) is 43.7 Å². The molecule has 0 aromatic heterocycles. The number of nitrogens with zero attached hydrogens (tertiary/aromatic N) is 2. The molecule has 0 bridgehead atoms. The van der Waals surface area contributed by atoms with Crippen molar-refractivity contribution in [2.75, 3.05) is 40.3 Å². The van der Waals surface area contributed by atoms with Crippen LogP contribution in [0.1, 0.15) is 42.6 Å². The second-order valence-electron chi connectivity index (χ2n) is 10.9. The quantitative estimate of drug-likeness (QED) is 0.455. The molecule has 0 aliphatic carbocycles. The molecule has 0 unspecified atom stereocenters. The number of aliphatic carboxylic acids is 1. The van der Waals surface area contributed by atoms with E-state index in [1.54, 1.807) is 14.1 Å². The number of likely N-dealkylation sites (tertiary alicyclic amines) is 1. The number of piperidine rings is 1. The van der Waals surface area contributed by atoms with Crippen molar-refractivity contribution in [3.8, 4) is 17.2 Å². The van der Waals surface area contributed by atoms with E-state index < -0.39 is 17.7 Å². The third-order valence-corrected chi connectivity index (χ3v) is 7.61. The predicted molar refractivity (Wildman–Crippen MR) is 148 cm³/mol. The standard InChI is InChI=1S/C28H34Cl2N2O7/c1-27(2,26(35)36)38-24-13-23(20(12-21(24)30)25(34)31(3)4)37-16-19(33)15-32-9-7-28(8-10-32)14-17-11-18(29)5-6-22(17)39-28/h5-6,11-13,19,33H,7-10,14-16H2,1-4H3,(H,35,36)/t19-/m0/s1. The Morgan fingerprint density at radius 1 is 1.15 bits per heavy atom. The highest BCUT2D eigenvalue weighted by Gasteiger charge is 2.42. The molecule has 2 N–H and O–H groups in total. The summed E-state index contributed by atoms with van der Waals surface area (Å²) in [6.07, 6.45) is 1.64. The minimum atomic E-state index is -1.56. The van der Waals surface area contributed by atoms with Gasteiger partial charge in [0, 0.05) is 64.1 Å². The summed E-state index contributed by atoms with van der Waals surface area (Å²) < 4.78 is 17.8. The Hall–Kier alpha value is -2.72. The Bertz CT molecular complexity index is 1240. The van der Waals surface area contributed by atoms with Gasteiger partial charge in [-0.25, -0.2) is 4.79 Å². The molecule has 39 heavy (non-hydrogen) atoms. The van der Waals surface area contributed by atoms with Gasteiger partial charge < -0.3 is 34.2 Å². The van der Waals surface area contributed by atoms with Crippen molar-refractivity contribution in [2.24, 2.45) is 0 Å². The Morgan fingerprint density at radius 2 is 1.85 bits per heavy atom. The number of aliphatic hydroxyl groups is 1. The monoisotopic (exact) mass is 580 g/mol. The van der Waals surface area contributed by atoms with Crippen LogP contribution in [0.15, 0.2) is 30.3 Å². The molecule has 2 aromatic rings. The van der Waals surface area contributed by atoms with Gasteiger partial charge in [0.15, 0.2) is 5.60 Å². The number of carbonyl (C=O) groups excluding carboxylic acids is 1. The number of carbonyl (C=O) groups is 2. The second kappa shape index (κ2) is 11.4. The Labute approximate surface area is 238 Å². The predicted octanol–water partition coefficient (Wildman–Crippen LogP) is 4.15. The van der Waals surface area contributed by atoms with E-state index in [1.165, 1.54) is 30.9 Å². The summed E-state index contributed by atoms with van der Waals surface area (Å²) in [6, 6.07) is 8.50. The maximum absolute atomic E-state index is 12.8. The molecule has 2 aromatic carbocycles. The number of β-amino-alcohol motifs (C(OH)–C–C–N with tert-alkyl or cyclic N) is 1. The van der Waals surface area contributed by atoms with Crippen LogP contribution in [0.2, 0.25) is 10.0 Å². The fourth-order valence-electron chi connectivity index (χ4n) is 4.82. The van der Waals surface area contributed by atoms with Crippen LogP contribution < -0.4 is 14.2 Å². The van der Waals surface area contributed by atoms with Crippen LogP contribution in [0, 0.1) is 0 Å². The number of halogens is 2.